The normalized spacial score (nSPS) is 10.1. The number of hydrogen-bond donors (Lipinski definition) is 1. The minimum atomic E-state index is -0.0153. The van der Waals surface area contributed by atoms with Crippen molar-refractivity contribution < 1.29 is 9.59 Å². The predicted molar refractivity (Wildman–Crippen MR) is 68.2 cm³/mol. The highest BCUT2D eigenvalue weighted by molar-refractivity contribution is 5.97. The van der Waals surface area contributed by atoms with E-state index in [0.717, 1.165) is 16.7 Å². The molecule has 0 bridgehead atoms. The van der Waals surface area contributed by atoms with Gasteiger partial charge in [-0.05, 0) is 25.8 Å². The molecule has 0 saturated heterocycles. The fourth-order valence-corrected chi connectivity index (χ4v) is 1.80. The van der Waals surface area contributed by atoms with Crippen LogP contribution in [0.3, 0.4) is 0 Å². The van der Waals surface area contributed by atoms with Crippen LogP contribution in [0.4, 0.5) is 0 Å². The Labute approximate surface area is 102 Å². The molecule has 3 nitrogen and oxygen atoms in total. The first kappa shape index (κ1) is 13.4. The van der Waals surface area contributed by atoms with Crippen molar-refractivity contribution in [2.24, 2.45) is 0 Å². The molecule has 0 aromatic heterocycles. The molecule has 0 unspecified atom stereocenters. The molecule has 0 aliphatic carbocycles. The molecule has 0 atom stereocenters. The van der Waals surface area contributed by atoms with Gasteiger partial charge >= 0.3 is 0 Å². The number of benzene rings is 1. The van der Waals surface area contributed by atoms with Crippen molar-refractivity contribution in [3.8, 4) is 0 Å². The molecule has 0 radical (unpaired) electrons. The van der Waals surface area contributed by atoms with Crippen molar-refractivity contribution in [1.82, 2.24) is 5.32 Å². The topological polar surface area (TPSA) is 46.2 Å². The van der Waals surface area contributed by atoms with Gasteiger partial charge in [0.05, 0.1) is 0 Å². The second kappa shape index (κ2) is 6.18. The van der Waals surface area contributed by atoms with Gasteiger partial charge in [0, 0.05) is 25.5 Å². The van der Waals surface area contributed by atoms with Crippen LogP contribution in [-0.2, 0) is 4.79 Å². The molecule has 1 aromatic rings. The van der Waals surface area contributed by atoms with Crippen LogP contribution in [0.1, 0.15) is 40.7 Å². The molecule has 1 rings (SSSR count). The lowest BCUT2D eigenvalue weighted by molar-refractivity contribution is -0.120. The maximum absolute atomic E-state index is 11.9. The first-order valence-electron chi connectivity index (χ1n) is 5.85. The summed E-state index contributed by atoms with van der Waals surface area (Å²) in [5.74, 6) is 0.102. The highest BCUT2D eigenvalue weighted by Gasteiger charge is 2.09. The van der Waals surface area contributed by atoms with Crippen LogP contribution in [0, 0.1) is 13.8 Å². The van der Waals surface area contributed by atoms with Gasteiger partial charge in [-0.25, -0.2) is 0 Å². The highest BCUT2D eigenvalue weighted by atomic mass is 16.1. The second-order valence-electron chi connectivity index (χ2n) is 4.27. The third-order valence-electron chi connectivity index (χ3n) is 2.77. The van der Waals surface area contributed by atoms with E-state index in [1.54, 1.807) is 7.05 Å². The minimum absolute atomic E-state index is 0.0153. The first-order chi connectivity index (χ1) is 8.04. The van der Waals surface area contributed by atoms with Crippen molar-refractivity contribution >= 4 is 11.7 Å². The van der Waals surface area contributed by atoms with Crippen LogP contribution in [0.15, 0.2) is 18.2 Å². The van der Waals surface area contributed by atoms with Crippen LogP contribution >= 0.6 is 0 Å². The number of nitrogens with one attached hydrogen (secondary N) is 1. The summed E-state index contributed by atoms with van der Waals surface area (Å²) in [4.78, 5) is 22.9. The van der Waals surface area contributed by atoms with Crippen LogP contribution in [0.2, 0.25) is 0 Å². The molecule has 17 heavy (non-hydrogen) atoms. The van der Waals surface area contributed by atoms with Crippen molar-refractivity contribution in [1.29, 1.82) is 0 Å². The van der Waals surface area contributed by atoms with Crippen LogP contribution < -0.4 is 5.32 Å². The summed E-state index contributed by atoms with van der Waals surface area (Å²) < 4.78 is 0. The van der Waals surface area contributed by atoms with E-state index in [4.69, 9.17) is 0 Å². The summed E-state index contributed by atoms with van der Waals surface area (Å²) in [5, 5.41) is 2.55. The van der Waals surface area contributed by atoms with E-state index < -0.39 is 0 Å². The Kier molecular flexibility index (Phi) is 4.88. The number of carbonyl (C=O) groups excluding carboxylic acids is 2. The summed E-state index contributed by atoms with van der Waals surface area (Å²) in [6.07, 6.45) is 1.44. The lowest BCUT2D eigenvalue weighted by Gasteiger charge is -2.05. The Balaban J connectivity index is 2.55. The number of ketones is 1. The quantitative estimate of drug-likeness (QED) is 0.794. The van der Waals surface area contributed by atoms with Gasteiger partial charge in [0.1, 0.15) is 0 Å². The van der Waals surface area contributed by atoms with E-state index >= 15 is 0 Å². The Morgan fingerprint density at radius 1 is 1.18 bits per heavy atom. The van der Waals surface area contributed by atoms with E-state index in [-0.39, 0.29) is 11.7 Å². The van der Waals surface area contributed by atoms with E-state index in [2.05, 4.69) is 5.32 Å². The Hall–Kier alpha value is -1.64. The third kappa shape index (κ3) is 4.02. The average molecular weight is 233 g/mol. The molecule has 0 aliphatic rings. The summed E-state index contributed by atoms with van der Waals surface area (Å²) in [6, 6.07) is 5.82. The number of hydrogen-bond acceptors (Lipinski definition) is 2. The molecule has 92 valence electrons. The molecule has 1 amide bonds. The molecular weight excluding hydrogens is 214 g/mol. The molecule has 1 N–H and O–H groups in total. The zero-order valence-electron chi connectivity index (χ0n) is 10.7. The summed E-state index contributed by atoms with van der Waals surface area (Å²) >= 11 is 0. The number of Topliss-reactive ketones (excluding diaryl/α,β-unsaturated/α-hetero) is 1. The van der Waals surface area contributed by atoms with Gasteiger partial charge in [-0.3, -0.25) is 9.59 Å². The number of carbonyl (C=O) groups is 2. The van der Waals surface area contributed by atoms with Gasteiger partial charge in [0.25, 0.3) is 0 Å². The smallest absolute Gasteiger partial charge is 0.219 e. The van der Waals surface area contributed by atoms with Crippen molar-refractivity contribution in [2.75, 3.05) is 7.05 Å². The van der Waals surface area contributed by atoms with Gasteiger partial charge in [-0.1, -0.05) is 23.8 Å². The zero-order valence-corrected chi connectivity index (χ0v) is 10.7. The first-order valence-corrected chi connectivity index (χ1v) is 5.85. The predicted octanol–water partition coefficient (Wildman–Crippen LogP) is 2.40. The zero-order chi connectivity index (χ0) is 12.8. The lowest BCUT2D eigenvalue weighted by Crippen LogP contribution is -2.17. The number of aryl methyl sites for hydroxylation is 2. The van der Waals surface area contributed by atoms with Crippen molar-refractivity contribution in [3.63, 3.8) is 0 Å². The van der Waals surface area contributed by atoms with E-state index in [9.17, 15) is 9.59 Å². The molecule has 0 heterocycles. The lowest BCUT2D eigenvalue weighted by atomic mass is 9.99. The fourth-order valence-electron chi connectivity index (χ4n) is 1.80. The van der Waals surface area contributed by atoms with Crippen LogP contribution in [-0.4, -0.2) is 18.7 Å². The Morgan fingerprint density at radius 3 is 2.47 bits per heavy atom. The fraction of sp³-hybridized carbons (Fsp3) is 0.429. The summed E-state index contributed by atoms with van der Waals surface area (Å²) in [7, 11) is 1.61. The average Bonchev–Trinajstić information content (AvgIpc) is 2.28. The monoisotopic (exact) mass is 233 g/mol. The summed E-state index contributed by atoms with van der Waals surface area (Å²) in [6.45, 7) is 3.95. The minimum Gasteiger partial charge on any atom is -0.359 e. The highest BCUT2D eigenvalue weighted by Crippen LogP contribution is 2.14. The van der Waals surface area contributed by atoms with Gasteiger partial charge in [0.2, 0.25) is 5.91 Å². The van der Waals surface area contributed by atoms with Gasteiger partial charge < -0.3 is 5.32 Å². The molecule has 0 fully saturated rings. The van der Waals surface area contributed by atoms with E-state index in [0.29, 0.717) is 19.3 Å². The number of rotatable bonds is 5. The Bertz CT molecular complexity index is 424. The molecule has 0 saturated carbocycles. The van der Waals surface area contributed by atoms with E-state index in [1.807, 2.05) is 32.0 Å². The summed E-state index contributed by atoms with van der Waals surface area (Å²) in [5.41, 5.74) is 2.94. The Morgan fingerprint density at radius 2 is 1.88 bits per heavy atom. The molecule has 1 aromatic carbocycles. The van der Waals surface area contributed by atoms with Crippen molar-refractivity contribution in [2.45, 2.75) is 33.1 Å². The van der Waals surface area contributed by atoms with E-state index in [1.165, 1.54) is 0 Å². The van der Waals surface area contributed by atoms with Crippen molar-refractivity contribution in [3.05, 3.63) is 34.9 Å². The van der Waals surface area contributed by atoms with Crippen LogP contribution in [0.5, 0.6) is 0 Å². The molecular formula is C14H19NO2. The molecule has 3 heteroatoms. The standard InChI is InChI=1S/C14H19NO2/c1-10-7-8-12(11(2)9-10)13(16)5-4-6-14(17)15-3/h7-9H,4-6H2,1-3H3,(H,15,17). The van der Waals surface area contributed by atoms with Crippen LogP contribution in [0.25, 0.3) is 0 Å². The van der Waals surface area contributed by atoms with Gasteiger partial charge in [0.15, 0.2) is 5.78 Å². The molecule has 0 aliphatic heterocycles. The third-order valence-corrected chi connectivity index (χ3v) is 2.77. The molecule has 0 spiro atoms. The second-order valence-corrected chi connectivity index (χ2v) is 4.27. The van der Waals surface area contributed by atoms with Gasteiger partial charge in [-0.15, -0.1) is 0 Å². The maximum atomic E-state index is 11.9. The largest absolute Gasteiger partial charge is 0.359 e. The SMILES string of the molecule is CNC(=O)CCCC(=O)c1ccc(C)cc1C. The maximum Gasteiger partial charge on any atom is 0.219 e. The van der Waals surface area contributed by atoms with Gasteiger partial charge in [-0.2, -0.15) is 0 Å². The number of amides is 1.